The largest absolute Gasteiger partial charge is 0.449 e. The van der Waals surface area contributed by atoms with E-state index in [0.717, 1.165) is 11.3 Å². The molecule has 0 aromatic heterocycles. The number of fused-ring (bicyclic) bond motifs is 1. The molecule has 2 aliphatic heterocycles. The normalized spacial score (nSPS) is 16.8. The molecule has 2 heterocycles. The van der Waals surface area contributed by atoms with E-state index in [1.807, 2.05) is 42.5 Å². The molecule has 0 radical (unpaired) electrons. The van der Waals surface area contributed by atoms with Crippen LogP contribution in [0.4, 0.5) is 11.4 Å². The molecule has 2 amide bonds. The van der Waals surface area contributed by atoms with E-state index < -0.39 is 0 Å². The van der Waals surface area contributed by atoms with Crippen LogP contribution < -0.4 is 14.5 Å². The van der Waals surface area contributed by atoms with Gasteiger partial charge in [-0.25, -0.2) is 0 Å². The molecule has 0 N–H and O–H groups in total. The van der Waals surface area contributed by atoms with Crippen molar-refractivity contribution in [3.63, 3.8) is 0 Å². The van der Waals surface area contributed by atoms with Crippen LogP contribution in [0.2, 0.25) is 10.0 Å². The first-order chi connectivity index (χ1) is 17.0. The van der Waals surface area contributed by atoms with E-state index in [1.165, 1.54) is 4.90 Å². The molecule has 35 heavy (non-hydrogen) atoms. The highest BCUT2D eigenvalue weighted by Crippen LogP contribution is 2.35. The van der Waals surface area contributed by atoms with Crippen LogP contribution in [0.5, 0.6) is 5.75 Å². The summed E-state index contributed by atoms with van der Waals surface area (Å²) >= 11 is 12.2. The Kier molecular flexibility index (Phi) is 6.66. The summed E-state index contributed by atoms with van der Waals surface area (Å²) in [6, 6.07) is 22.1. The Balaban J connectivity index is 1.32. The van der Waals surface area contributed by atoms with Crippen LogP contribution >= 0.6 is 23.2 Å². The lowest BCUT2D eigenvalue weighted by molar-refractivity contribution is -0.131. The summed E-state index contributed by atoms with van der Waals surface area (Å²) in [5, 5.41) is 1.25. The van der Waals surface area contributed by atoms with Gasteiger partial charge in [0.1, 0.15) is 6.54 Å². The number of carbonyl (C=O) groups excluding carboxylic acids is 2. The van der Waals surface area contributed by atoms with Crippen LogP contribution in [0.3, 0.4) is 0 Å². The lowest BCUT2D eigenvalue weighted by atomic mass is 10.1. The van der Waals surface area contributed by atoms with Crippen LogP contribution in [0.1, 0.15) is 5.56 Å². The van der Waals surface area contributed by atoms with Gasteiger partial charge in [0, 0.05) is 41.9 Å². The molecule has 1 fully saturated rings. The van der Waals surface area contributed by atoms with Gasteiger partial charge in [-0.2, -0.15) is 0 Å². The van der Waals surface area contributed by atoms with Crippen molar-refractivity contribution in [3.8, 4) is 5.75 Å². The van der Waals surface area contributed by atoms with E-state index in [1.54, 1.807) is 41.3 Å². The summed E-state index contributed by atoms with van der Waals surface area (Å²) in [7, 11) is 0. The van der Waals surface area contributed by atoms with Gasteiger partial charge >= 0.3 is 0 Å². The molecule has 3 aromatic rings. The van der Waals surface area contributed by atoms with Gasteiger partial charge in [0.05, 0.1) is 5.69 Å². The van der Waals surface area contributed by atoms with Crippen molar-refractivity contribution in [2.75, 3.05) is 42.5 Å². The average molecular weight is 508 g/mol. The van der Waals surface area contributed by atoms with Gasteiger partial charge in [-0.05, 0) is 54.1 Å². The maximum atomic E-state index is 13.4. The minimum atomic E-state index is -0.366. The summed E-state index contributed by atoms with van der Waals surface area (Å²) in [4.78, 5) is 32.1. The van der Waals surface area contributed by atoms with Crippen molar-refractivity contribution in [1.29, 1.82) is 0 Å². The molecule has 0 bridgehead atoms. The minimum absolute atomic E-state index is 0.0662. The van der Waals surface area contributed by atoms with E-state index in [0.29, 0.717) is 47.7 Å². The van der Waals surface area contributed by atoms with E-state index in [2.05, 4.69) is 4.90 Å². The highest BCUT2D eigenvalue weighted by molar-refractivity contribution is 6.31. The Hall–Kier alpha value is -3.48. The molecule has 178 valence electrons. The standard InChI is InChI=1S/C27H23Cl2N3O3/c28-20-6-3-5-19(15-20)16-25-27(34)32(23-9-1-2-10-24(23)35-25)18-26(33)31-13-11-30(12-14-31)22-8-4-7-21(29)17-22/h1-10,15-17H,11-14,18H2. The quantitative estimate of drug-likeness (QED) is 0.460. The first-order valence-corrected chi connectivity index (χ1v) is 12.1. The minimum Gasteiger partial charge on any atom is -0.449 e. The number of benzene rings is 3. The lowest BCUT2D eigenvalue weighted by Crippen LogP contribution is -2.52. The van der Waals surface area contributed by atoms with Gasteiger partial charge in [0.25, 0.3) is 5.91 Å². The molecule has 0 aliphatic carbocycles. The van der Waals surface area contributed by atoms with Gasteiger partial charge in [0.2, 0.25) is 5.91 Å². The zero-order chi connectivity index (χ0) is 24.4. The second kappa shape index (κ2) is 10.0. The number of amides is 2. The molecule has 0 unspecified atom stereocenters. The number of hydrogen-bond donors (Lipinski definition) is 0. The predicted molar refractivity (Wildman–Crippen MR) is 139 cm³/mol. The number of rotatable bonds is 4. The molecule has 2 aliphatic rings. The Labute approximate surface area is 213 Å². The number of hydrogen-bond acceptors (Lipinski definition) is 4. The number of nitrogens with zero attached hydrogens (tertiary/aromatic N) is 3. The van der Waals surface area contributed by atoms with Crippen LogP contribution in [-0.2, 0) is 9.59 Å². The van der Waals surface area contributed by atoms with Gasteiger partial charge in [-0.3, -0.25) is 14.5 Å². The van der Waals surface area contributed by atoms with E-state index in [4.69, 9.17) is 27.9 Å². The molecule has 0 atom stereocenters. The Bertz CT molecular complexity index is 1300. The molecule has 8 heteroatoms. The predicted octanol–water partition coefficient (Wildman–Crippen LogP) is 5.11. The second-order valence-electron chi connectivity index (χ2n) is 8.37. The highest BCUT2D eigenvalue weighted by Gasteiger charge is 2.33. The Morgan fingerprint density at radius 3 is 2.34 bits per heavy atom. The molecule has 0 saturated carbocycles. The number of para-hydroxylation sites is 2. The van der Waals surface area contributed by atoms with Crippen LogP contribution in [0, 0.1) is 0 Å². The van der Waals surface area contributed by atoms with Gasteiger partial charge in [-0.1, -0.05) is 53.5 Å². The molecular weight excluding hydrogens is 485 g/mol. The van der Waals surface area contributed by atoms with Crippen molar-refractivity contribution in [2.45, 2.75) is 0 Å². The van der Waals surface area contributed by atoms with E-state index in [-0.39, 0.29) is 24.1 Å². The van der Waals surface area contributed by atoms with Crippen molar-refractivity contribution >= 4 is 52.5 Å². The molecule has 0 spiro atoms. The van der Waals surface area contributed by atoms with Gasteiger partial charge < -0.3 is 14.5 Å². The number of anilines is 2. The summed E-state index contributed by atoms with van der Waals surface area (Å²) in [5.74, 6) is 0.195. The Morgan fingerprint density at radius 1 is 0.886 bits per heavy atom. The zero-order valence-corrected chi connectivity index (χ0v) is 20.4. The third-order valence-electron chi connectivity index (χ3n) is 6.08. The Morgan fingerprint density at radius 2 is 1.60 bits per heavy atom. The zero-order valence-electron chi connectivity index (χ0n) is 18.9. The van der Waals surface area contributed by atoms with E-state index in [9.17, 15) is 9.59 Å². The van der Waals surface area contributed by atoms with Crippen LogP contribution in [0.15, 0.2) is 78.6 Å². The van der Waals surface area contributed by atoms with Crippen molar-refractivity contribution in [3.05, 3.63) is 94.2 Å². The SMILES string of the molecule is O=C(CN1C(=O)C(=Cc2cccc(Cl)c2)Oc2ccccc21)N1CCN(c2cccc(Cl)c2)CC1. The maximum Gasteiger partial charge on any atom is 0.294 e. The summed E-state index contributed by atoms with van der Waals surface area (Å²) < 4.78 is 5.90. The average Bonchev–Trinajstić information content (AvgIpc) is 2.86. The summed E-state index contributed by atoms with van der Waals surface area (Å²) in [6.07, 6.45) is 1.64. The lowest BCUT2D eigenvalue weighted by Gasteiger charge is -2.37. The maximum absolute atomic E-state index is 13.4. The fourth-order valence-corrected chi connectivity index (χ4v) is 4.67. The molecular formula is C27H23Cl2N3O3. The monoisotopic (exact) mass is 507 g/mol. The fraction of sp³-hybridized carbons (Fsp3) is 0.185. The second-order valence-corrected chi connectivity index (χ2v) is 9.25. The molecule has 3 aromatic carbocycles. The topological polar surface area (TPSA) is 53.1 Å². The fourth-order valence-electron chi connectivity index (χ4n) is 4.29. The first-order valence-electron chi connectivity index (χ1n) is 11.3. The number of ether oxygens (including phenoxy) is 1. The highest BCUT2D eigenvalue weighted by atomic mass is 35.5. The third kappa shape index (κ3) is 5.14. The summed E-state index contributed by atoms with van der Waals surface area (Å²) in [6.45, 7) is 2.45. The molecule has 6 nitrogen and oxygen atoms in total. The summed E-state index contributed by atoms with van der Waals surface area (Å²) in [5.41, 5.74) is 2.35. The third-order valence-corrected chi connectivity index (χ3v) is 6.55. The van der Waals surface area contributed by atoms with Crippen molar-refractivity contribution in [1.82, 2.24) is 4.90 Å². The van der Waals surface area contributed by atoms with Crippen LogP contribution in [0.25, 0.3) is 6.08 Å². The van der Waals surface area contributed by atoms with Crippen LogP contribution in [-0.4, -0.2) is 49.4 Å². The number of piperazine rings is 1. The van der Waals surface area contributed by atoms with Crippen molar-refractivity contribution < 1.29 is 14.3 Å². The smallest absolute Gasteiger partial charge is 0.294 e. The van der Waals surface area contributed by atoms with Gasteiger partial charge in [-0.15, -0.1) is 0 Å². The van der Waals surface area contributed by atoms with Crippen molar-refractivity contribution in [2.24, 2.45) is 0 Å². The van der Waals surface area contributed by atoms with Gasteiger partial charge in [0.15, 0.2) is 11.5 Å². The van der Waals surface area contributed by atoms with E-state index >= 15 is 0 Å². The first kappa shape index (κ1) is 23.3. The molecule has 5 rings (SSSR count). The molecule has 1 saturated heterocycles. The number of halogens is 2. The number of carbonyl (C=O) groups is 2.